The maximum atomic E-state index is 14.1. The fraction of sp³-hybridized carbons (Fsp3) is 0.400. The second kappa shape index (κ2) is 17.4. The summed E-state index contributed by atoms with van der Waals surface area (Å²) in [7, 11) is 1.52. The number of carbonyl (C=O) groups excluding carboxylic acids is 3. The number of benzene rings is 3. The van der Waals surface area contributed by atoms with Crippen molar-refractivity contribution < 1.29 is 28.3 Å². The molecule has 0 aliphatic carbocycles. The fourth-order valence-corrected chi connectivity index (χ4v) is 5.28. The molecule has 0 aliphatic heterocycles. The largest absolute Gasteiger partial charge is 0.390 e. The van der Waals surface area contributed by atoms with Crippen molar-refractivity contribution in [3.63, 3.8) is 0 Å². The third-order valence-electron chi connectivity index (χ3n) is 7.44. The zero-order valence-corrected chi connectivity index (χ0v) is 26.4. The van der Waals surface area contributed by atoms with E-state index < -0.39 is 35.7 Å². The van der Waals surface area contributed by atoms with Crippen LogP contribution in [0.5, 0.6) is 0 Å². The first kappa shape index (κ1) is 35.3. The number of hydrogen-bond acceptors (Lipinski definition) is 5. The second-order valence-electron chi connectivity index (χ2n) is 11.3. The molecule has 0 saturated heterocycles. The fourth-order valence-electron chi connectivity index (χ4n) is 5.28. The molecule has 0 aliphatic rings. The van der Waals surface area contributed by atoms with Gasteiger partial charge in [0.2, 0.25) is 5.91 Å². The normalized spacial score (nSPS) is 13.0. The van der Waals surface area contributed by atoms with Gasteiger partial charge in [-0.2, -0.15) is 0 Å². The quantitative estimate of drug-likeness (QED) is 0.192. The van der Waals surface area contributed by atoms with Gasteiger partial charge in [-0.15, -0.1) is 0 Å². The summed E-state index contributed by atoms with van der Waals surface area (Å²) < 4.78 is 28.1. The van der Waals surface area contributed by atoms with Gasteiger partial charge >= 0.3 is 0 Å². The van der Waals surface area contributed by atoms with Gasteiger partial charge in [0, 0.05) is 43.9 Å². The maximum Gasteiger partial charge on any atom is 0.253 e. The van der Waals surface area contributed by atoms with E-state index in [1.165, 1.54) is 13.1 Å². The molecule has 45 heavy (non-hydrogen) atoms. The summed E-state index contributed by atoms with van der Waals surface area (Å²) in [6.07, 6.45) is 0.604. The highest BCUT2D eigenvalue weighted by Gasteiger charge is 2.26. The third-order valence-corrected chi connectivity index (χ3v) is 7.44. The van der Waals surface area contributed by atoms with E-state index in [1.807, 2.05) is 44.2 Å². The molecule has 3 aromatic rings. The van der Waals surface area contributed by atoms with Gasteiger partial charge in [0.25, 0.3) is 11.8 Å². The molecule has 0 heterocycles. The highest BCUT2D eigenvalue weighted by Crippen LogP contribution is 2.16. The number of aliphatic hydroxyl groups excluding tert-OH is 1. The van der Waals surface area contributed by atoms with Crippen molar-refractivity contribution >= 4 is 17.7 Å². The zero-order chi connectivity index (χ0) is 32.9. The van der Waals surface area contributed by atoms with Crippen molar-refractivity contribution in [2.24, 2.45) is 0 Å². The van der Waals surface area contributed by atoms with E-state index in [0.717, 1.165) is 36.6 Å². The molecule has 3 rings (SSSR count). The summed E-state index contributed by atoms with van der Waals surface area (Å²) >= 11 is 0. The number of hydrogen-bond donors (Lipinski definition) is 4. The number of carbonyl (C=O) groups is 3. The summed E-state index contributed by atoms with van der Waals surface area (Å²) in [6, 6.07) is 15.6. The first-order chi connectivity index (χ1) is 21.5. The Labute approximate surface area is 264 Å². The lowest BCUT2D eigenvalue weighted by atomic mass is 9.98. The van der Waals surface area contributed by atoms with E-state index in [1.54, 1.807) is 24.0 Å². The molecule has 3 aromatic carbocycles. The number of aryl methyl sites for hydroxylation is 1. The number of nitrogens with zero attached hydrogens (tertiary/aromatic N) is 1. The molecule has 0 bridgehead atoms. The highest BCUT2D eigenvalue weighted by molar-refractivity contribution is 6.00. The topological polar surface area (TPSA) is 111 Å². The Morgan fingerprint density at radius 1 is 0.844 bits per heavy atom. The first-order valence-corrected chi connectivity index (χ1v) is 15.4. The molecule has 3 amide bonds. The Balaban J connectivity index is 1.85. The number of halogens is 2. The van der Waals surface area contributed by atoms with Gasteiger partial charge in [-0.25, -0.2) is 8.78 Å². The molecule has 3 unspecified atom stereocenters. The van der Waals surface area contributed by atoms with Crippen molar-refractivity contribution in [2.45, 2.75) is 64.6 Å². The van der Waals surface area contributed by atoms with Crippen LogP contribution in [0.2, 0.25) is 0 Å². The van der Waals surface area contributed by atoms with E-state index in [9.17, 15) is 28.3 Å². The molecule has 0 fully saturated rings. The number of likely N-dealkylation sites (N-methyl/N-ethyl adjacent to an activating group) is 1. The summed E-state index contributed by atoms with van der Waals surface area (Å²) in [5.74, 6) is -2.58. The number of nitrogens with one attached hydrogen (secondary N) is 3. The molecular formula is C35H44F2N4O4. The van der Waals surface area contributed by atoms with Crippen molar-refractivity contribution in [1.29, 1.82) is 0 Å². The minimum absolute atomic E-state index is 0.0923. The number of amides is 3. The van der Waals surface area contributed by atoms with Gasteiger partial charge in [0.15, 0.2) is 0 Å². The summed E-state index contributed by atoms with van der Waals surface area (Å²) in [5.41, 5.74) is 2.45. The van der Waals surface area contributed by atoms with E-state index in [2.05, 4.69) is 16.0 Å². The monoisotopic (exact) mass is 622 g/mol. The van der Waals surface area contributed by atoms with Crippen molar-refractivity contribution in [3.05, 3.63) is 106 Å². The van der Waals surface area contributed by atoms with E-state index in [-0.39, 0.29) is 35.9 Å². The molecule has 0 radical (unpaired) electrons. The average molecular weight is 623 g/mol. The van der Waals surface area contributed by atoms with Gasteiger partial charge in [-0.05, 0) is 79.6 Å². The second-order valence-corrected chi connectivity index (χ2v) is 11.3. The van der Waals surface area contributed by atoms with Gasteiger partial charge in [0.1, 0.15) is 11.6 Å². The maximum absolute atomic E-state index is 14.1. The Morgan fingerprint density at radius 3 is 2.07 bits per heavy atom. The number of aliphatic hydroxyl groups is 1. The predicted molar refractivity (Wildman–Crippen MR) is 171 cm³/mol. The van der Waals surface area contributed by atoms with Gasteiger partial charge in [-0.1, -0.05) is 44.2 Å². The van der Waals surface area contributed by atoms with Gasteiger partial charge in [0.05, 0.1) is 18.2 Å². The lowest BCUT2D eigenvalue weighted by Crippen LogP contribution is -2.53. The van der Waals surface area contributed by atoms with Crippen LogP contribution < -0.4 is 16.0 Å². The molecule has 10 heteroatoms. The van der Waals surface area contributed by atoms with Crippen LogP contribution in [-0.4, -0.2) is 72.6 Å². The number of rotatable bonds is 16. The van der Waals surface area contributed by atoms with Crippen LogP contribution in [0.3, 0.4) is 0 Å². The average Bonchev–Trinajstić information content (AvgIpc) is 3.01. The van der Waals surface area contributed by atoms with Crippen LogP contribution in [0.1, 0.15) is 64.1 Å². The standard InChI is InChI=1S/C35H44F2N4O4/c1-5-12-41(13-6-2)35(45)27-15-23(3)14-26(20-27)33(43)40-30(19-25-16-28(36)21-29(37)17-25)32(42)22-39-31(34(44)38-4)18-24-10-8-7-9-11-24/h7-11,14-17,20-21,30-32,39,42H,5-6,12-13,18-19,22H2,1-4H3,(H,38,44)(H,40,43). The smallest absolute Gasteiger partial charge is 0.253 e. The SMILES string of the molecule is CCCN(CCC)C(=O)c1cc(C)cc(C(=O)NC(Cc2cc(F)cc(F)c2)C(O)CNC(Cc2ccccc2)C(=O)NC)c1. The van der Waals surface area contributed by atoms with Crippen molar-refractivity contribution in [2.75, 3.05) is 26.7 Å². The predicted octanol–water partition coefficient (Wildman–Crippen LogP) is 4.18. The lowest BCUT2D eigenvalue weighted by molar-refractivity contribution is -0.122. The van der Waals surface area contributed by atoms with Crippen LogP contribution in [0.4, 0.5) is 8.78 Å². The summed E-state index contributed by atoms with van der Waals surface area (Å²) in [5, 5.41) is 19.8. The molecule has 0 aromatic heterocycles. The van der Waals surface area contributed by atoms with Crippen molar-refractivity contribution in [3.8, 4) is 0 Å². The molecule has 8 nitrogen and oxygen atoms in total. The molecule has 4 N–H and O–H groups in total. The van der Waals surface area contributed by atoms with Crippen LogP contribution >= 0.6 is 0 Å². The Bertz CT molecular complexity index is 1410. The van der Waals surface area contributed by atoms with Crippen LogP contribution in [0, 0.1) is 18.6 Å². The van der Waals surface area contributed by atoms with E-state index >= 15 is 0 Å². The Kier molecular flexibility index (Phi) is 13.6. The molecule has 3 atom stereocenters. The third kappa shape index (κ3) is 10.8. The minimum atomic E-state index is -1.25. The van der Waals surface area contributed by atoms with Gasteiger partial charge in [-0.3, -0.25) is 14.4 Å². The van der Waals surface area contributed by atoms with E-state index in [4.69, 9.17) is 0 Å². The molecule has 0 saturated carbocycles. The summed E-state index contributed by atoms with van der Waals surface area (Å²) in [4.78, 5) is 41.3. The van der Waals surface area contributed by atoms with Gasteiger partial charge < -0.3 is 26.0 Å². The van der Waals surface area contributed by atoms with Crippen LogP contribution in [0.25, 0.3) is 0 Å². The Hall–Kier alpha value is -4.15. The molecular weight excluding hydrogens is 578 g/mol. The first-order valence-electron chi connectivity index (χ1n) is 15.4. The lowest BCUT2D eigenvalue weighted by Gasteiger charge is -2.27. The molecule has 242 valence electrons. The van der Waals surface area contributed by atoms with Crippen LogP contribution in [0.15, 0.2) is 66.7 Å². The zero-order valence-electron chi connectivity index (χ0n) is 26.4. The van der Waals surface area contributed by atoms with E-state index in [0.29, 0.717) is 30.6 Å². The summed E-state index contributed by atoms with van der Waals surface area (Å²) in [6.45, 7) is 6.86. The van der Waals surface area contributed by atoms with Crippen molar-refractivity contribution in [1.82, 2.24) is 20.9 Å². The van der Waals surface area contributed by atoms with Crippen LogP contribution in [-0.2, 0) is 17.6 Å². The molecule has 0 spiro atoms. The Morgan fingerprint density at radius 2 is 1.47 bits per heavy atom. The highest BCUT2D eigenvalue weighted by atomic mass is 19.1. The minimum Gasteiger partial charge on any atom is -0.390 e.